The van der Waals surface area contributed by atoms with Gasteiger partial charge in [-0.05, 0) is 40.4 Å². The third-order valence-corrected chi connectivity index (χ3v) is 4.52. The first-order valence-corrected chi connectivity index (χ1v) is 7.51. The van der Waals surface area contributed by atoms with E-state index in [1.54, 1.807) is 18.4 Å². The minimum Gasteiger partial charge on any atom is -0.496 e. The van der Waals surface area contributed by atoms with Gasteiger partial charge in [0.05, 0.1) is 7.11 Å². The average Bonchev–Trinajstić information content (AvgIpc) is 2.96. The number of para-hydroxylation sites is 1. The number of benzene rings is 2. The first kappa shape index (κ1) is 13.2. The number of rotatable bonds is 4. The molecule has 1 aromatic heterocycles. The minimum absolute atomic E-state index is 0.0198. The third kappa shape index (κ3) is 2.42. The van der Waals surface area contributed by atoms with Gasteiger partial charge >= 0.3 is 0 Å². The van der Waals surface area contributed by atoms with E-state index in [-0.39, 0.29) is 6.04 Å². The van der Waals surface area contributed by atoms with Crippen molar-refractivity contribution in [2.75, 3.05) is 7.11 Å². The van der Waals surface area contributed by atoms with Crippen LogP contribution in [-0.2, 0) is 6.42 Å². The number of ether oxygens (including phenoxy) is 1. The van der Waals surface area contributed by atoms with Crippen LogP contribution in [0.5, 0.6) is 5.75 Å². The van der Waals surface area contributed by atoms with E-state index < -0.39 is 0 Å². The van der Waals surface area contributed by atoms with Crippen LogP contribution in [-0.4, -0.2) is 7.11 Å². The number of hydrogen-bond donors (Lipinski definition) is 1. The van der Waals surface area contributed by atoms with E-state index in [0.717, 1.165) is 17.7 Å². The third-order valence-electron chi connectivity index (χ3n) is 3.54. The maximum Gasteiger partial charge on any atom is 0.122 e. The lowest BCUT2D eigenvalue weighted by Crippen LogP contribution is -2.14. The Bertz CT molecular complexity index is 720. The molecule has 0 radical (unpaired) electrons. The van der Waals surface area contributed by atoms with Crippen LogP contribution in [0.25, 0.3) is 10.1 Å². The molecule has 0 amide bonds. The summed E-state index contributed by atoms with van der Waals surface area (Å²) in [6, 6.07) is 16.5. The molecule has 0 saturated heterocycles. The molecule has 0 spiro atoms. The van der Waals surface area contributed by atoms with E-state index in [1.807, 2.05) is 18.2 Å². The molecular weight excluding hydrogens is 266 g/mol. The summed E-state index contributed by atoms with van der Waals surface area (Å²) < 4.78 is 6.69. The molecule has 0 aliphatic heterocycles. The highest BCUT2D eigenvalue weighted by Gasteiger charge is 2.13. The van der Waals surface area contributed by atoms with Crippen LogP contribution in [0, 0.1) is 0 Å². The van der Waals surface area contributed by atoms with Crippen molar-refractivity contribution in [3.05, 3.63) is 65.0 Å². The Hall–Kier alpha value is -1.84. The number of fused-ring (bicyclic) bond motifs is 1. The van der Waals surface area contributed by atoms with Gasteiger partial charge in [-0.2, -0.15) is 0 Å². The number of methoxy groups -OCH3 is 1. The summed E-state index contributed by atoms with van der Waals surface area (Å²) in [6.45, 7) is 0. The van der Waals surface area contributed by atoms with Crippen molar-refractivity contribution in [1.82, 2.24) is 0 Å². The fraction of sp³-hybridized carbons (Fsp3) is 0.176. The lowest BCUT2D eigenvalue weighted by atomic mass is 9.98. The van der Waals surface area contributed by atoms with E-state index in [2.05, 4.69) is 35.7 Å². The molecule has 0 saturated carbocycles. The lowest BCUT2D eigenvalue weighted by Gasteiger charge is -2.15. The lowest BCUT2D eigenvalue weighted by molar-refractivity contribution is 0.408. The first-order chi connectivity index (χ1) is 9.79. The highest BCUT2D eigenvalue weighted by molar-refractivity contribution is 7.17. The molecule has 102 valence electrons. The Kier molecular flexibility index (Phi) is 3.72. The Morgan fingerprint density at radius 2 is 1.95 bits per heavy atom. The fourth-order valence-electron chi connectivity index (χ4n) is 2.53. The monoisotopic (exact) mass is 283 g/mol. The Morgan fingerprint density at radius 3 is 2.80 bits per heavy atom. The van der Waals surface area contributed by atoms with Crippen molar-refractivity contribution in [2.24, 2.45) is 5.73 Å². The molecule has 3 heteroatoms. The fourth-order valence-corrected chi connectivity index (χ4v) is 3.51. The molecule has 3 aromatic rings. The highest BCUT2D eigenvalue weighted by Crippen LogP contribution is 2.31. The molecule has 1 heterocycles. The summed E-state index contributed by atoms with van der Waals surface area (Å²) in [5.74, 6) is 0.904. The SMILES string of the molecule is COc1ccccc1CC(N)c1cccc2ccsc12. The zero-order chi connectivity index (χ0) is 13.9. The van der Waals surface area contributed by atoms with E-state index >= 15 is 0 Å². The molecule has 3 rings (SSSR count). The molecule has 2 aromatic carbocycles. The average molecular weight is 283 g/mol. The Balaban J connectivity index is 1.93. The van der Waals surface area contributed by atoms with Gasteiger partial charge in [-0.15, -0.1) is 11.3 Å². The second kappa shape index (κ2) is 5.65. The summed E-state index contributed by atoms with van der Waals surface area (Å²) in [7, 11) is 1.70. The summed E-state index contributed by atoms with van der Waals surface area (Å²) in [4.78, 5) is 0. The molecule has 20 heavy (non-hydrogen) atoms. The van der Waals surface area contributed by atoms with Crippen molar-refractivity contribution in [3.8, 4) is 5.75 Å². The highest BCUT2D eigenvalue weighted by atomic mass is 32.1. The molecular formula is C17H17NOS. The minimum atomic E-state index is -0.0198. The van der Waals surface area contributed by atoms with Gasteiger partial charge < -0.3 is 10.5 Å². The smallest absolute Gasteiger partial charge is 0.122 e. The van der Waals surface area contributed by atoms with Crippen molar-refractivity contribution in [1.29, 1.82) is 0 Å². The van der Waals surface area contributed by atoms with Gasteiger partial charge in [-0.25, -0.2) is 0 Å². The van der Waals surface area contributed by atoms with E-state index in [9.17, 15) is 0 Å². The number of hydrogen-bond acceptors (Lipinski definition) is 3. The van der Waals surface area contributed by atoms with E-state index in [4.69, 9.17) is 10.5 Å². The zero-order valence-corrected chi connectivity index (χ0v) is 12.2. The summed E-state index contributed by atoms with van der Waals surface area (Å²) >= 11 is 1.75. The van der Waals surface area contributed by atoms with Gasteiger partial charge in [0.1, 0.15) is 5.75 Å². The summed E-state index contributed by atoms with van der Waals surface area (Å²) in [5.41, 5.74) is 8.79. The predicted molar refractivity (Wildman–Crippen MR) is 85.5 cm³/mol. The van der Waals surface area contributed by atoms with Crippen LogP contribution in [0.1, 0.15) is 17.2 Å². The van der Waals surface area contributed by atoms with E-state index in [0.29, 0.717) is 0 Å². The molecule has 0 aliphatic rings. The van der Waals surface area contributed by atoms with Gasteiger partial charge in [0.2, 0.25) is 0 Å². The predicted octanol–water partition coefficient (Wildman–Crippen LogP) is 4.15. The number of thiophene rings is 1. The van der Waals surface area contributed by atoms with Gasteiger partial charge in [-0.3, -0.25) is 0 Å². The molecule has 2 N–H and O–H groups in total. The van der Waals surface area contributed by atoms with Gasteiger partial charge in [-0.1, -0.05) is 36.4 Å². The van der Waals surface area contributed by atoms with Crippen LogP contribution in [0.4, 0.5) is 0 Å². The van der Waals surface area contributed by atoms with Crippen LogP contribution in [0.3, 0.4) is 0 Å². The van der Waals surface area contributed by atoms with Crippen molar-refractivity contribution < 1.29 is 4.74 Å². The van der Waals surface area contributed by atoms with Gasteiger partial charge in [0, 0.05) is 10.7 Å². The first-order valence-electron chi connectivity index (χ1n) is 6.63. The van der Waals surface area contributed by atoms with Crippen LogP contribution in [0.2, 0.25) is 0 Å². The standard InChI is InChI=1S/C17H17NOS/c1-19-16-8-3-2-5-13(16)11-15(18)14-7-4-6-12-9-10-20-17(12)14/h2-10,15H,11,18H2,1H3. The molecule has 0 bridgehead atoms. The Morgan fingerprint density at radius 1 is 1.10 bits per heavy atom. The molecule has 2 nitrogen and oxygen atoms in total. The van der Waals surface area contributed by atoms with Gasteiger partial charge in [0.15, 0.2) is 0 Å². The second-order valence-corrected chi connectivity index (χ2v) is 5.72. The quantitative estimate of drug-likeness (QED) is 0.780. The summed E-state index contributed by atoms with van der Waals surface area (Å²) in [6.07, 6.45) is 0.779. The molecule has 0 fully saturated rings. The van der Waals surface area contributed by atoms with Crippen LogP contribution in [0.15, 0.2) is 53.9 Å². The normalized spacial score (nSPS) is 12.5. The van der Waals surface area contributed by atoms with Crippen molar-refractivity contribution in [2.45, 2.75) is 12.5 Å². The Labute approximate surface area is 122 Å². The maximum absolute atomic E-state index is 6.43. The van der Waals surface area contributed by atoms with Crippen molar-refractivity contribution in [3.63, 3.8) is 0 Å². The largest absolute Gasteiger partial charge is 0.496 e. The van der Waals surface area contributed by atoms with Gasteiger partial charge in [0.25, 0.3) is 0 Å². The van der Waals surface area contributed by atoms with Crippen LogP contribution < -0.4 is 10.5 Å². The van der Waals surface area contributed by atoms with Crippen molar-refractivity contribution >= 4 is 21.4 Å². The second-order valence-electron chi connectivity index (χ2n) is 4.81. The topological polar surface area (TPSA) is 35.2 Å². The van der Waals surface area contributed by atoms with E-state index in [1.165, 1.54) is 15.6 Å². The zero-order valence-electron chi connectivity index (χ0n) is 11.4. The molecule has 1 unspecified atom stereocenters. The molecule has 1 atom stereocenters. The summed E-state index contributed by atoms with van der Waals surface area (Å²) in [5, 5.41) is 3.38. The maximum atomic E-state index is 6.43. The van der Waals surface area contributed by atoms with Crippen LogP contribution >= 0.6 is 11.3 Å². The molecule has 0 aliphatic carbocycles. The number of nitrogens with two attached hydrogens (primary N) is 1.